The summed E-state index contributed by atoms with van der Waals surface area (Å²) >= 11 is 1.03. The van der Waals surface area contributed by atoms with Crippen molar-refractivity contribution >= 4 is 23.4 Å². The monoisotopic (exact) mass is 370 g/mol. The summed E-state index contributed by atoms with van der Waals surface area (Å²) in [4.78, 5) is 23.8. The van der Waals surface area contributed by atoms with E-state index in [4.69, 9.17) is 4.74 Å². The topological polar surface area (TPSA) is 89.0 Å². The maximum Gasteiger partial charge on any atom is 0.344 e. The largest absolute Gasteiger partial charge is 0.376 e. The lowest BCUT2D eigenvalue weighted by Gasteiger charge is -2.11. The van der Waals surface area contributed by atoms with Crippen LogP contribution in [0.4, 0.5) is 14.5 Å². The van der Waals surface area contributed by atoms with Crippen molar-refractivity contribution in [3.05, 3.63) is 40.3 Å². The van der Waals surface area contributed by atoms with Crippen molar-refractivity contribution in [3.8, 4) is 0 Å². The van der Waals surface area contributed by atoms with Crippen molar-refractivity contribution in [2.24, 2.45) is 0 Å². The van der Waals surface area contributed by atoms with Crippen LogP contribution in [-0.2, 0) is 16.1 Å². The quantitative estimate of drug-likeness (QED) is 0.757. The Hall–Kier alpha value is -2.20. The zero-order chi connectivity index (χ0) is 17.8. The third-order valence-corrected chi connectivity index (χ3v) is 4.64. The Balaban J connectivity index is 1.60. The fourth-order valence-electron chi connectivity index (χ4n) is 2.48. The number of nitrogens with one attached hydrogen (secondary N) is 2. The van der Waals surface area contributed by atoms with E-state index in [0.29, 0.717) is 18.3 Å². The van der Waals surface area contributed by atoms with Gasteiger partial charge in [-0.3, -0.25) is 9.36 Å². The number of benzene rings is 1. The summed E-state index contributed by atoms with van der Waals surface area (Å²) in [6.45, 7) is 1.03. The van der Waals surface area contributed by atoms with E-state index in [-0.39, 0.29) is 23.2 Å². The maximum absolute atomic E-state index is 13.5. The average molecular weight is 370 g/mol. The van der Waals surface area contributed by atoms with E-state index in [9.17, 15) is 18.4 Å². The summed E-state index contributed by atoms with van der Waals surface area (Å²) in [6, 6.07) is 2.80. The van der Waals surface area contributed by atoms with E-state index >= 15 is 0 Å². The number of hydrogen-bond donors (Lipinski definition) is 2. The zero-order valence-corrected chi connectivity index (χ0v) is 13.9. The highest BCUT2D eigenvalue weighted by Gasteiger charge is 2.20. The Kier molecular flexibility index (Phi) is 5.49. The molecular weight excluding hydrogens is 354 g/mol. The molecule has 7 nitrogen and oxygen atoms in total. The van der Waals surface area contributed by atoms with E-state index < -0.39 is 17.5 Å². The van der Waals surface area contributed by atoms with E-state index in [2.05, 4.69) is 15.5 Å². The molecule has 2 aromatic rings. The van der Waals surface area contributed by atoms with E-state index in [1.165, 1.54) is 4.57 Å². The minimum absolute atomic E-state index is 0.0510. The molecule has 0 unspecified atom stereocenters. The summed E-state index contributed by atoms with van der Waals surface area (Å²) in [5.74, 6) is -2.02. The van der Waals surface area contributed by atoms with Crippen LogP contribution in [0.15, 0.2) is 28.2 Å². The number of ether oxygens (including phenoxy) is 1. The van der Waals surface area contributed by atoms with Gasteiger partial charge in [-0.2, -0.15) is 0 Å². The van der Waals surface area contributed by atoms with Crippen LogP contribution in [0, 0.1) is 11.6 Å². The number of hydrogen-bond acceptors (Lipinski definition) is 5. The van der Waals surface area contributed by atoms with Gasteiger partial charge in [-0.15, -0.1) is 5.10 Å². The van der Waals surface area contributed by atoms with Crippen LogP contribution in [0.25, 0.3) is 0 Å². The van der Waals surface area contributed by atoms with Gasteiger partial charge in [0.15, 0.2) is 5.16 Å². The minimum Gasteiger partial charge on any atom is -0.376 e. The summed E-state index contributed by atoms with van der Waals surface area (Å²) in [7, 11) is 0. The van der Waals surface area contributed by atoms with Gasteiger partial charge >= 0.3 is 5.69 Å². The first kappa shape index (κ1) is 17.6. The Morgan fingerprint density at radius 3 is 3.08 bits per heavy atom. The molecule has 25 heavy (non-hydrogen) atoms. The lowest BCUT2D eigenvalue weighted by atomic mass is 10.2. The van der Waals surface area contributed by atoms with Crippen molar-refractivity contribution in [2.75, 3.05) is 17.7 Å². The fourth-order valence-corrected chi connectivity index (χ4v) is 3.23. The van der Waals surface area contributed by atoms with E-state index in [1.807, 2.05) is 0 Å². The number of nitrogens with zero attached hydrogens (tertiary/aromatic N) is 2. The second-order valence-corrected chi connectivity index (χ2v) is 6.46. The summed E-state index contributed by atoms with van der Waals surface area (Å²) in [5, 5.41) is 8.87. The fraction of sp³-hybridized carbons (Fsp3) is 0.400. The van der Waals surface area contributed by atoms with Crippen molar-refractivity contribution in [2.45, 2.75) is 30.6 Å². The first-order valence-electron chi connectivity index (χ1n) is 7.67. The normalized spacial score (nSPS) is 17.0. The van der Waals surface area contributed by atoms with Crippen LogP contribution in [0.2, 0.25) is 0 Å². The molecule has 2 heterocycles. The lowest BCUT2D eigenvalue weighted by molar-refractivity contribution is -0.113. The molecule has 1 aromatic heterocycles. The molecule has 1 aromatic carbocycles. The van der Waals surface area contributed by atoms with Gasteiger partial charge in [-0.25, -0.2) is 18.7 Å². The molecule has 0 aliphatic carbocycles. The number of carbonyl (C=O) groups is 1. The smallest absolute Gasteiger partial charge is 0.344 e. The highest BCUT2D eigenvalue weighted by Crippen LogP contribution is 2.19. The number of thioether (sulfide) groups is 1. The number of H-pyrrole nitrogens is 1. The Labute approximate surface area is 145 Å². The summed E-state index contributed by atoms with van der Waals surface area (Å²) < 4.78 is 33.5. The number of carbonyl (C=O) groups excluding carboxylic acids is 1. The van der Waals surface area contributed by atoms with Crippen LogP contribution in [0.1, 0.15) is 12.8 Å². The van der Waals surface area contributed by atoms with Crippen molar-refractivity contribution in [3.63, 3.8) is 0 Å². The van der Waals surface area contributed by atoms with Gasteiger partial charge in [0.2, 0.25) is 5.91 Å². The summed E-state index contributed by atoms with van der Waals surface area (Å²) in [6.07, 6.45) is 1.76. The number of amides is 1. The van der Waals surface area contributed by atoms with E-state index in [1.54, 1.807) is 0 Å². The minimum atomic E-state index is -0.727. The Morgan fingerprint density at radius 1 is 1.48 bits per heavy atom. The van der Waals surface area contributed by atoms with Gasteiger partial charge in [-0.05, 0) is 25.0 Å². The highest BCUT2D eigenvalue weighted by atomic mass is 32.2. The number of halogens is 2. The van der Waals surface area contributed by atoms with Crippen molar-refractivity contribution in [1.82, 2.24) is 14.8 Å². The lowest BCUT2D eigenvalue weighted by Crippen LogP contribution is -2.25. The molecule has 0 spiro atoms. The first-order valence-corrected chi connectivity index (χ1v) is 8.66. The molecule has 0 saturated carbocycles. The van der Waals surface area contributed by atoms with Gasteiger partial charge in [0.25, 0.3) is 0 Å². The highest BCUT2D eigenvalue weighted by molar-refractivity contribution is 7.99. The SMILES string of the molecule is O=C(CSc1n[nH]c(=O)n1C[C@H]1CCCO1)Nc1cc(F)ccc1F. The third kappa shape index (κ3) is 4.45. The molecule has 1 amide bonds. The Morgan fingerprint density at radius 2 is 2.32 bits per heavy atom. The van der Waals surface area contributed by atoms with Crippen molar-refractivity contribution in [1.29, 1.82) is 0 Å². The standard InChI is InChI=1S/C15H16F2N4O3S/c16-9-3-4-11(17)12(6-9)18-13(22)8-25-15-20-19-14(23)21(15)7-10-2-1-5-24-10/h3-4,6,10H,1-2,5,7-8H2,(H,18,22)(H,19,23)/t10-/m1/s1. The third-order valence-electron chi connectivity index (χ3n) is 3.67. The number of rotatable bonds is 6. The molecule has 1 aliphatic heterocycles. The molecule has 134 valence electrons. The van der Waals surface area contributed by atoms with Gasteiger partial charge in [-0.1, -0.05) is 11.8 Å². The average Bonchev–Trinajstić information content (AvgIpc) is 3.21. The van der Waals surface area contributed by atoms with Crippen LogP contribution in [0.5, 0.6) is 0 Å². The molecule has 1 aliphatic rings. The van der Waals surface area contributed by atoms with Crippen molar-refractivity contribution < 1.29 is 18.3 Å². The van der Waals surface area contributed by atoms with Gasteiger partial charge in [0, 0.05) is 12.7 Å². The van der Waals surface area contributed by atoms with E-state index in [0.717, 1.165) is 42.8 Å². The molecule has 0 bridgehead atoms. The molecular formula is C15H16F2N4O3S. The predicted molar refractivity (Wildman–Crippen MR) is 87.5 cm³/mol. The van der Waals surface area contributed by atoms with Gasteiger partial charge in [0.1, 0.15) is 11.6 Å². The molecule has 1 fully saturated rings. The summed E-state index contributed by atoms with van der Waals surface area (Å²) in [5.41, 5.74) is -0.612. The molecule has 2 N–H and O–H groups in total. The van der Waals surface area contributed by atoms with Crippen LogP contribution >= 0.6 is 11.8 Å². The molecule has 1 atom stereocenters. The number of anilines is 1. The van der Waals surface area contributed by atoms with Crippen LogP contribution in [0.3, 0.4) is 0 Å². The number of aromatic amines is 1. The zero-order valence-electron chi connectivity index (χ0n) is 13.1. The van der Waals surface area contributed by atoms with Gasteiger partial charge < -0.3 is 10.1 Å². The first-order chi connectivity index (χ1) is 12.0. The second kappa shape index (κ2) is 7.79. The Bertz CT molecular complexity index is 817. The molecule has 10 heteroatoms. The molecule has 1 saturated heterocycles. The van der Waals surface area contributed by atoms with Crippen LogP contribution < -0.4 is 11.0 Å². The van der Waals surface area contributed by atoms with Crippen LogP contribution in [-0.4, -0.2) is 39.1 Å². The maximum atomic E-state index is 13.5. The van der Waals surface area contributed by atoms with Gasteiger partial charge in [0.05, 0.1) is 24.1 Å². The number of aromatic nitrogens is 3. The predicted octanol–water partition coefficient (Wildman–Crippen LogP) is 1.76. The molecule has 3 rings (SSSR count). The molecule has 0 radical (unpaired) electrons. The second-order valence-electron chi connectivity index (χ2n) is 5.52.